The first-order valence-electron chi connectivity index (χ1n) is 16.5. The summed E-state index contributed by atoms with van der Waals surface area (Å²) >= 11 is 1.75. The largest absolute Gasteiger partial charge is 0.395 e. The number of nitrogens with zero attached hydrogens (tertiary/aromatic N) is 8. The molecule has 11 heteroatoms. The first kappa shape index (κ1) is 30.7. The van der Waals surface area contributed by atoms with Crippen LogP contribution in [0.5, 0.6) is 0 Å². The second-order valence-corrected chi connectivity index (χ2v) is 13.7. The summed E-state index contributed by atoms with van der Waals surface area (Å²) in [6.07, 6.45) is 13.1. The summed E-state index contributed by atoms with van der Waals surface area (Å²) in [5, 5.41) is 20.0. The minimum atomic E-state index is -0.198. The van der Waals surface area contributed by atoms with Gasteiger partial charge in [0.15, 0.2) is 11.5 Å². The van der Waals surface area contributed by atoms with E-state index in [9.17, 15) is 5.11 Å². The van der Waals surface area contributed by atoms with Crippen LogP contribution in [0, 0.1) is 0 Å². The molecule has 7 rings (SSSR count). The maximum atomic E-state index is 10.5. The Kier molecular flexibility index (Phi) is 9.41. The molecular formula is C34H46N8O2S. The van der Waals surface area contributed by atoms with Gasteiger partial charge in [0.1, 0.15) is 0 Å². The number of hydrogen-bond donors (Lipinski definition) is 1. The molecule has 0 atom stereocenters. The number of ether oxygens (including phenoxy) is 1. The van der Waals surface area contributed by atoms with Crippen LogP contribution in [0.15, 0.2) is 59.9 Å². The number of hydrogen-bond acceptors (Lipinski definition) is 9. The van der Waals surface area contributed by atoms with Crippen LogP contribution < -0.4 is 4.90 Å². The van der Waals surface area contributed by atoms with Gasteiger partial charge in [0, 0.05) is 67.9 Å². The molecule has 0 saturated carbocycles. The number of aromatic nitrogens is 5. The third-order valence-electron chi connectivity index (χ3n) is 10.3. The molecule has 6 heterocycles. The highest BCUT2D eigenvalue weighted by molar-refractivity contribution is 7.98. The lowest BCUT2D eigenvalue weighted by molar-refractivity contribution is 0.000617. The molecule has 0 amide bonds. The smallest absolute Gasteiger partial charge is 0.178 e. The number of benzene rings is 1. The average Bonchev–Trinajstić information content (AvgIpc) is 3.74. The highest BCUT2D eigenvalue weighted by Crippen LogP contribution is 2.38. The number of morpholine rings is 1. The first-order valence-corrected chi connectivity index (χ1v) is 17.7. The normalized spacial score (nSPS) is 20.3. The van der Waals surface area contributed by atoms with Crippen LogP contribution in [-0.2, 0) is 23.1 Å². The molecule has 3 aliphatic heterocycles. The third-order valence-corrected chi connectivity index (χ3v) is 11.0. The van der Waals surface area contributed by atoms with Gasteiger partial charge in [-0.1, -0.05) is 12.1 Å². The highest BCUT2D eigenvalue weighted by Gasteiger charge is 2.36. The quantitative estimate of drug-likeness (QED) is 0.265. The number of piperidine rings is 2. The molecule has 0 aliphatic carbocycles. The van der Waals surface area contributed by atoms with Crippen molar-refractivity contribution in [3.05, 3.63) is 71.9 Å². The molecule has 1 aromatic carbocycles. The van der Waals surface area contributed by atoms with Crippen LogP contribution in [0.1, 0.15) is 42.6 Å². The highest BCUT2D eigenvalue weighted by atomic mass is 32.2. The Morgan fingerprint density at radius 3 is 2.49 bits per heavy atom. The molecule has 0 bridgehead atoms. The second kappa shape index (κ2) is 13.8. The van der Waals surface area contributed by atoms with Crippen LogP contribution in [0.2, 0.25) is 0 Å². The number of fused-ring (bicyclic) bond motifs is 1. The van der Waals surface area contributed by atoms with Gasteiger partial charge in [0.2, 0.25) is 0 Å². The van der Waals surface area contributed by atoms with Crippen molar-refractivity contribution >= 4 is 23.1 Å². The van der Waals surface area contributed by atoms with Gasteiger partial charge >= 0.3 is 0 Å². The molecule has 0 spiro atoms. The van der Waals surface area contributed by atoms with Gasteiger partial charge in [0.25, 0.3) is 0 Å². The van der Waals surface area contributed by atoms with E-state index < -0.39 is 0 Å². The van der Waals surface area contributed by atoms with Crippen molar-refractivity contribution in [1.29, 1.82) is 0 Å². The van der Waals surface area contributed by atoms with E-state index in [0.29, 0.717) is 12.5 Å². The van der Waals surface area contributed by atoms with Gasteiger partial charge in [-0.05, 0) is 80.4 Å². The summed E-state index contributed by atoms with van der Waals surface area (Å²) < 4.78 is 9.51. The number of anilines is 1. The van der Waals surface area contributed by atoms with Gasteiger partial charge in [-0.2, -0.15) is 10.2 Å². The molecule has 3 saturated heterocycles. The number of pyridine rings is 1. The number of likely N-dealkylation sites (tertiary alicyclic amines) is 1. The minimum absolute atomic E-state index is 0.167. The topological polar surface area (TPSA) is 87.2 Å². The summed E-state index contributed by atoms with van der Waals surface area (Å²) in [6.45, 7) is 10.1. The van der Waals surface area contributed by atoms with E-state index in [1.54, 1.807) is 11.8 Å². The summed E-state index contributed by atoms with van der Waals surface area (Å²) in [4.78, 5) is 13.8. The monoisotopic (exact) mass is 630 g/mol. The molecule has 3 fully saturated rings. The van der Waals surface area contributed by atoms with Gasteiger partial charge < -0.3 is 19.6 Å². The van der Waals surface area contributed by atoms with Crippen LogP contribution >= 0.6 is 11.8 Å². The van der Waals surface area contributed by atoms with Crippen LogP contribution in [-0.4, -0.2) is 117 Å². The standard InChI is InChI=1S/C34H46N8O2S/c1-45-30-6-4-28(5-7-30)34(26-43)10-15-40(16-11-34)31-3-2-12-42-33(31)36-32(37-42)23-27-24-35-41(25-27)18-17-38-13-8-29(9-14-38)39-19-21-44-22-20-39/h2-7,12,24-25,29,43H,8-11,13-23,26H2,1H3. The van der Waals surface area contributed by atoms with Crippen LogP contribution in [0.4, 0.5) is 5.69 Å². The van der Waals surface area contributed by atoms with Crippen LogP contribution in [0.3, 0.4) is 0 Å². The van der Waals surface area contributed by atoms with Gasteiger partial charge in [-0.25, -0.2) is 9.50 Å². The van der Waals surface area contributed by atoms with E-state index in [4.69, 9.17) is 14.8 Å². The number of aliphatic hydroxyl groups is 1. The maximum Gasteiger partial charge on any atom is 0.178 e. The maximum absolute atomic E-state index is 10.5. The Balaban J connectivity index is 0.944. The van der Waals surface area contributed by atoms with E-state index >= 15 is 0 Å². The number of thioether (sulfide) groups is 1. The first-order chi connectivity index (χ1) is 22.1. The zero-order valence-electron chi connectivity index (χ0n) is 26.4. The fraction of sp³-hybridized carbons (Fsp3) is 0.559. The van der Waals surface area contributed by atoms with Gasteiger partial charge in [0.05, 0.1) is 38.2 Å². The molecule has 45 heavy (non-hydrogen) atoms. The van der Waals surface area contributed by atoms with E-state index in [2.05, 4.69) is 73.3 Å². The third kappa shape index (κ3) is 6.78. The van der Waals surface area contributed by atoms with Crippen molar-refractivity contribution < 1.29 is 9.84 Å². The fourth-order valence-electron chi connectivity index (χ4n) is 7.41. The molecule has 0 unspecified atom stereocenters. The Hall–Kier alpha value is -2.96. The van der Waals surface area contributed by atoms with Crippen LogP contribution in [0.25, 0.3) is 5.65 Å². The fourth-order valence-corrected chi connectivity index (χ4v) is 7.82. The van der Waals surface area contributed by atoms with Crippen molar-refractivity contribution in [3.8, 4) is 0 Å². The Bertz CT molecular complexity index is 1530. The van der Waals surface area contributed by atoms with Gasteiger partial charge in [-0.3, -0.25) is 9.58 Å². The molecule has 1 N–H and O–H groups in total. The van der Waals surface area contributed by atoms with Crippen molar-refractivity contribution in [1.82, 2.24) is 34.2 Å². The minimum Gasteiger partial charge on any atom is -0.395 e. The number of aliphatic hydroxyl groups excluding tert-OH is 1. The van der Waals surface area contributed by atoms with E-state index in [0.717, 1.165) is 101 Å². The molecular weight excluding hydrogens is 584 g/mol. The van der Waals surface area contributed by atoms with Crippen molar-refractivity contribution in [3.63, 3.8) is 0 Å². The summed E-state index contributed by atoms with van der Waals surface area (Å²) in [5.41, 5.74) is 4.17. The van der Waals surface area contributed by atoms with Crippen molar-refractivity contribution in [2.45, 2.75) is 55.0 Å². The predicted octanol–water partition coefficient (Wildman–Crippen LogP) is 3.57. The Labute approximate surface area is 270 Å². The van der Waals surface area contributed by atoms with Crippen molar-refractivity contribution in [2.75, 3.05) is 76.8 Å². The lowest BCUT2D eigenvalue weighted by Crippen LogP contribution is -2.49. The molecule has 10 nitrogen and oxygen atoms in total. The molecule has 240 valence electrons. The molecule has 3 aromatic heterocycles. The number of rotatable bonds is 10. The summed E-state index contributed by atoms with van der Waals surface area (Å²) in [5.74, 6) is 0.808. The van der Waals surface area contributed by atoms with E-state index in [1.165, 1.54) is 23.3 Å². The molecule has 0 radical (unpaired) electrons. The van der Waals surface area contributed by atoms with Crippen molar-refractivity contribution in [2.24, 2.45) is 0 Å². The molecule has 4 aromatic rings. The zero-order valence-corrected chi connectivity index (χ0v) is 27.2. The zero-order chi connectivity index (χ0) is 30.6. The SMILES string of the molecule is CSc1ccc(C2(CO)CCN(c3cccn4nc(Cc5cnn(CCN6CCC(N7CCOCC7)CC6)c5)nc34)CC2)cc1. The second-order valence-electron chi connectivity index (χ2n) is 12.9. The van der Waals surface area contributed by atoms with E-state index in [-0.39, 0.29) is 12.0 Å². The molecule has 3 aliphatic rings. The summed E-state index contributed by atoms with van der Waals surface area (Å²) in [7, 11) is 0. The average molecular weight is 631 g/mol. The Morgan fingerprint density at radius 1 is 0.978 bits per heavy atom. The Morgan fingerprint density at radius 2 is 1.76 bits per heavy atom. The van der Waals surface area contributed by atoms with E-state index in [1.807, 2.05) is 16.9 Å². The lowest BCUT2D eigenvalue weighted by Gasteiger charge is -2.42. The van der Waals surface area contributed by atoms with Gasteiger partial charge in [-0.15, -0.1) is 11.8 Å². The predicted molar refractivity (Wildman–Crippen MR) is 178 cm³/mol. The summed E-state index contributed by atoms with van der Waals surface area (Å²) in [6, 6.07) is 13.6. The lowest BCUT2D eigenvalue weighted by atomic mass is 9.73.